The monoisotopic (exact) mass is 438 g/mol. The van der Waals surface area contributed by atoms with Gasteiger partial charge >= 0.3 is 0 Å². The van der Waals surface area contributed by atoms with E-state index in [0.29, 0.717) is 37.5 Å². The number of nitrogens with zero attached hydrogens (tertiary/aromatic N) is 2. The van der Waals surface area contributed by atoms with E-state index in [1.807, 2.05) is 24.3 Å². The largest absolute Gasteiger partial charge is 0.484 e. The van der Waals surface area contributed by atoms with Gasteiger partial charge in [-0.25, -0.2) is 9.07 Å². The van der Waals surface area contributed by atoms with E-state index in [1.54, 1.807) is 18.2 Å². The Morgan fingerprint density at radius 1 is 1.09 bits per heavy atom. The maximum absolute atomic E-state index is 14.4. The molecule has 0 radical (unpaired) electrons. The van der Waals surface area contributed by atoms with Crippen molar-refractivity contribution in [3.63, 3.8) is 0 Å². The zero-order valence-corrected chi connectivity index (χ0v) is 17.3. The highest BCUT2D eigenvalue weighted by Gasteiger charge is 2.26. The Hall–Kier alpha value is -3.72. The lowest BCUT2D eigenvalue weighted by atomic mass is 10.1. The zero-order valence-electron chi connectivity index (χ0n) is 17.3. The van der Waals surface area contributed by atoms with Crippen LogP contribution in [-0.4, -0.2) is 40.2 Å². The van der Waals surface area contributed by atoms with Gasteiger partial charge in [-0.3, -0.25) is 24.4 Å². The fraction of sp³-hybridized carbons (Fsp3) is 0.261. The van der Waals surface area contributed by atoms with Gasteiger partial charge in [0.25, 0.3) is 11.1 Å². The summed E-state index contributed by atoms with van der Waals surface area (Å²) in [4.78, 5) is 37.4. The maximum Gasteiger partial charge on any atom is 0.265 e. The Morgan fingerprint density at radius 2 is 1.88 bits per heavy atom. The number of H-pyrrole nitrogens is 1. The lowest BCUT2D eigenvalue weighted by Crippen LogP contribution is -2.40. The number of fused-ring (bicyclic) bond motifs is 1. The molecule has 0 spiro atoms. The summed E-state index contributed by atoms with van der Waals surface area (Å²) >= 11 is 0. The van der Waals surface area contributed by atoms with E-state index in [9.17, 15) is 18.8 Å². The second-order valence-electron chi connectivity index (χ2n) is 7.55. The smallest absolute Gasteiger partial charge is 0.265 e. The molecule has 1 aliphatic rings. The summed E-state index contributed by atoms with van der Waals surface area (Å²) in [5, 5.41) is 5.08. The molecule has 3 aromatic rings. The molecule has 0 saturated heterocycles. The zero-order chi connectivity index (χ0) is 22.5. The van der Waals surface area contributed by atoms with Crippen LogP contribution in [0.4, 0.5) is 4.39 Å². The van der Waals surface area contributed by atoms with Crippen molar-refractivity contribution in [2.24, 2.45) is 0 Å². The van der Waals surface area contributed by atoms with Gasteiger partial charge in [-0.2, -0.15) is 0 Å². The average Bonchev–Trinajstić information content (AvgIpc) is 2.96. The number of aromatic amines is 1. The molecule has 1 atom stereocenters. The number of aromatic nitrogens is 2. The van der Waals surface area contributed by atoms with E-state index in [0.717, 1.165) is 22.4 Å². The number of para-hydroxylation sites is 1. The molecule has 1 aromatic heterocycles. The molecule has 0 saturated carbocycles. The summed E-state index contributed by atoms with van der Waals surface area (Å²) in [6.45, 7) is 1.56. The molecule has 1 aliphatic heterocycles. The van der Waals surface area contributed by atoms with Gasteiger partial charge in [-0.05, 0) is 12.1 Å². The van der Waals surface area contributed by atoms with Crippen molar-refractivity contribution in [1.82, 2.24) is 20.0 Å². The van der Waals surface area contributed by atoms with E-state index in [2.05, 4.69) is 15.3 Å². The third-order valence-electron chi connectivity index (χ3n) is 5.25. The minimum atomic E-state index is -0.497. The molecular weight excluding hydrogens is 415 g/mol. The normalized spacial score (nSPS) is 16.0. The van der Waals surface area contributed by atoms with Gasteiger partial charge in [0, 0.05) is 49.4 Å². The Kier molecular flexibility index (Phi) is 6.46. The van der Waals surface area contributed by atoms with Gasteiger partial charge < -0.3 is 10.1 Å². The first-order chi connectivity index (χ1) is 15.5. The first-order valence-electron chi connectivity index (χ1n) is 10.3. The average molecular weight is 438 g/mol. The highest BCUT2D eigenvalue weighted by Crippen LogP contribution is 2.31. The Morgan fingerprint density at radius 3 is 2.72 bits per heavy atom. The molecule has 1 amide bonds. The van der Waals surface area contributed by atoms with Crippen molar-refractivity contribution in [3.8, 4) is 5.75 Å². The number of rotatable bonds is 6. The summed E-state index contributed by atoms with van der Waals surface area (Å²) in [5.41, 5.74) is 0.533. The van der Waals surface area contributed by atoms with Crippen LogP contribution in [0, 0.1) is 5.82 Å². The van der Waals surface area contributed by atoms with Crippen LogP contribution in [0.1, 0.15) is 17.2 Å². The van der Waals surface area contributed by atoms with Crippen LogP contribution in [0.5, 0.6) is 5.75 Å². The first kappa shape index (κ1) is 21.5. The van der Waals surface area contributed by atoms with E-state index in [-0.39, 0.29) is 12.4 Å². The summed E-state index contributed by atoms with van der Waals surface area (Å²) in [6.07, 6.45) is -0.497. The lowest BCUT2D eigenvalue weighted by molar-refractivity contribution is -0.122. The van der Waals surface area contributed by atoms with Crippen LogP contribution in [0.3, 0.4) is 0 Å². The number of hydrogen-bond acceptors (Lipinski definition) is 5. The maximum atomic E-state index is 14.4. The first-order valence-corrected chi connectivity index (χ1v) is 10.3. The van der Waals surface area contributed by atoms with E-state index in [4.69, 9.17) is 4.74 Å². The van der Waals surface area contributed by atoms with Crippen molar-refractivity contribution >= 4 is 5.91 Å². The second-order valence-corrected chi connectivity index (χ2v) is 7.55. The molecule has 8 nitrogen and oxygen atoms in total. The third-order valence-corrected chi connectivity index (χ3v) is 5.25. The predicted octanol–water partition coefficient (Wildman–Crippen LogP) is 1.43. The summed E-state index contributed by atoms with van der Waals surface area (Å²) in [5.74, 6) is -0.0156. The lowest BCUT2D eigenvalue weighted by Gasteiger charge is -2.24. The van der Waals surface area contributed by atoms with Crippen LogP contribution < -0.4 is 21.2 Å². The number of ether oxygens (including phenoxy) is 1. The number of amides is 1. The van der Waals surface area contributed by atoms with Gasteiger partial charge in [0.15, 0.2) is 0 Å². The van der Waals surface area contributed by atoms with E-state index in [1.165, 1.54) is 6.07 Å². The fourth-order valence-corrected chi connectivity index (χ4v) is 3.68. The molecule has 0 bridgehead atoms. The molecule has 2 heterocycles. The van der Waals surface area contributed by atoms with Crippen LogP contribution >= 0.6 is 0 Å². The predicted molar refractivity (Wildman–Crippen MR) is 116 cm³/mol. The Labute approximate surface area is 183 Å². The molecule has 0 fully saturated rings. The molecule has 0 unspecified atom stereocenters. The van der Waals surface area contributed by atoms with Gasteiger partial charge in [0.05, 0.1) is 0 Å². The Bertz CT molecular complexity index is 1220. The number of benzene rings is 2. The number of nitrogens with one attached hydrogen (secondary N) is 2. The van der Waals surface area contributed by atoms with E-state index >= 15 is 0 Å². The third kappa shape index (κ3) is 5.12. The van der Waals surface area contributed by atoms with Crippen molar-refractivity contribution in [1.29, 1.82) is 0 Å². The summed E-state index contributed by atoms with van der Waals surface area (Å²) in [7, 11) is 0. The topological polar surface area (TPSA) is 96.4 Å². The molecule has 0 aliphatic carbocycles. The van der Waals surface area contributed by atoms with Crippen LogP contribution in [0.15, 0.2) is 70.3 Å². The van der Waals surface area contributed by atoms with E-state index < -0.39 is 23.1 Å². The number of carbonyl (C=O) groups excluding carboxylic acids is 1. The number of hydrogen-bond donors (Lipinski definition) is 2. The van der Waals surface area contributed by atoms with Gasteiger partial charge in [-0.15, -0.1) is 0 Å². The van der Waals surface area contributed by atoms with Crippen molar-refractivity contribution in [2.75, 3.05) is 19.6 Å². The van der Waals surface area contributed by atoms with Crippen LogP contribution in [0.2, 0.25) is 0 Å². The molecular formula is C23H23FN4O4. The standard InChI is InChI=1S/C23H23FN4O4/c24-18-7-3-2-6-17(18)20-14-27(13-16-5-1-4-8-19(16)32-20)12-11-25-22(30)15-28-23(31)10-9-21(29)26-28/h1-10,20H,11-15H2,(H,25,30)(H,26,29)/t20-/m0/s1. The van der Waals surface area contributed by atoms with Gasteiger partial charge in [-0.1, -0.05) is 36.4 Å². The molecule has 9 heteroatoms. The highest BCUT2D eigenvalue weighted by atomic mass is 19.1. The molecule has 166 valence electrons. The SMILES string of the molecule is O=C(Cn1[nH]c(=O)ccc1=O)NCCN1Cc2ccccc2O[C@H](c2ccccc2F)C1. The molecule has 2 N–H and O–H groups in total. The fourth-order valence-electron chi connectivity index (χ4n) is 3.68. The minimum Gasteiger partial charge on any atom is -0.484 e. The van der Waals surface area contributed by atoms with Crippen molar-refractivity contribution in [3.05, 3.63) is 98.3 Å². The number of carbonyl (C=O) groups is 1. The van der Waals surface area contributed by atoms with Gasteiger partial charge in [0.2, 0.25) is 5.91 Å². The van der Waals surface area contributed by atoms with Crippen molar-refractivity contribution < 1.29 is 13.9 Å². The van der Waals surface area contributed by atoms with Crippen LogP contribution in [-0.2, 0) is 17.9 Å². The minimum absolute atomic E-state index is 0.279. The highest BCUT2D eigenvalue weighted by molar-refractivity contribution is 5.75. The summed E-state index contributed by atoms with van der Waals surface area (Å²) < 4.78 is 21.5. The molecule has 4 rings (SSSR count). The Balaban J connectivity index is 1.42. The molecule has 2 aromatic carbocycles. The second kappa shape index (κ2) is 9.61. The summed E-state index contributed by atoms with van der Waals surface area (Å²) in [6, 6.07) is 16.4. The van der Waals surface area contributed by atoms with Gasteiger partial charge in [0.1, 0.15) is 24.2 Å². The number of halogens is 1. The van der Waals surface area contributed by atoms with Crippen molar-refractivity contribution in [2.45, 2.75) is 19.2 Å². The quantitative estimate of drug-likeness (QED) is 0.607. The van der Waals surface area contributed by atoms with Crippen LogP contribution in [0.25, 0.3) is 0 Å². The molecule has 32 heavy (non-hydrogen) atoms.